The van der Waals surface area contributed by atoms with Crippen molar-refractivity contribution in [2.45, 2.75) is 20.3 Å². The van der Waals surface area contributed by atoms with Crippen LogP contribution in [0.2, 0.25) is 0 Å². The molecule has 0 amide bonds. The fourth-order valence-corrected chi connectivity index (χ4v) is 1.91. The van der Waals surface area contributed by atoms with E-state index in [4.69, 9.17) is 5.73 Å². The number of nitrogens with two attached hydrogens (primary N) is 1. The molecule has 0 aliphatic carbocycles. The second-order valence-electron chi connectivity index (χ2n) is 5.23. The lowest BCUT2D eigenvalue weighted by atomic mass is 9.90. The molecular formula is C14H23N3O. The van der Waals surface area contributed by atoms with Gasteiger partial charge in [-0.3, -0.25) is 4.79 Å². The van der Waals surface area contributed by atoms with Crippen LogP contribution in [-0.4, -0.2) is 31.4 Å². The summed E-state index contributed by atoms with van der Waals surface area (Å²) in [5.74, 6) is 1.32. The molecule has 0 saturated carbocycles. The maximum Gasteiger partial charge on any atom is 0.168 e. The van der Waals surface area contributed by atoms with E-state index in [2.05, 4.69) is 18.8 Å². The Hall–Kier alpha value is -1.42. The number of carbonyl (C=O) groups is 1. The zero-order chi connectivity index (χ0) is 13.7. The van der Waals surface area contributed by atoms with E-state index in [9.17, 15) is 4.79 Å². The highest BCUT2D eigenvalue weighted by molar-refractivity contribution is 5.97. The minimum absolute atomic E-state index is 0.1000. The van der Waals surface area contributed by atoms with Gasteiger partial charge in [-0.2, -0.15) is 0 Å². The summed E-state index contributed by atoms with van der Waals surface area (Å²) < 4.78 is 0. The summed E-state index contributed by atoms with van der Waals surface area (Å²) >= 11 is 0. The van der Waals surface area contributed by atoms with Gasteiger partial charge in [0.25, 0.3) is 0 Å². The van der Waals surface area contributed by atoms with Crippen LogP contribution in [0.3, 0.4) is 0 Å². The highest BCUT2D eigenvalue weighted by Gasteiger charge is 2.20. The van der Waals surface area contributed by atoms with Crippen LogP contribution in [0.15, 0.2) is 18.3 Å². The molecule has 1 aromatic heterocycles. The van der Waals surface area contributed by atoms with Crippen LogP contribution in [-0.2, 0) is 0 Å². The van der Waals surface area contributed by atoms with Crippen LogP contribution in [0.25, 0.3) is 0 Å². The number of nitrogens with zero attached hydrogens (tertiary/aromatic N) is 2. The zero-order valence-corrected chi connectivity index (χ0v) is 11.7. The molecule has 4 heteroatoms. The lowest BCUT2D eigenvalue weighted by molar-refractivity contribution is 0.0908. The van der Waals surface area contributed by atoms with Crippen LogP contribution < -0.4 is 10.6 Å². The molecular weight excluding hydrogens is 226 g/mol. The molecule has 4 nitrogen and oxygen atoms in total. The molecule has 18 heavy (non-hydrogen) atoms. The summed E-state index contributed by atoms with van der Waals surface area (Å²) in [4.78, 5) is 18.4. The zero-order valence-electron chi connectivity index (χ0n) is 11.7. The fraction of sp³-hybridized carbons (Fsp3) is 0.571. The van der Waals surface area contributed by atoms with E-state index in [0.29, 0.717) is 18.0 Å². The molecule has 1 unspecified atom stereocenters. The van der Waals surface area contributed by atoms with Gasteiger partial charge >= 0.3 is 0 Å². The van der Waals surface area contributed by atoms with Crippen LogP contribution in [0, 0.1) is 11.8 Å². The molecule has 0 fully saturated rings. The third-order valence-electron chi connectivity index (χ3n) is 2.90. The van der Waals surface area contributed by atoms with Crippen molar-refractivity contribution in [2.75, 3.05) is 25.5 Å². The predicted octanol–water partition coefficient (Wildman–Crippen LogP) is 1.95. The Labute approximate surface area is 109 Å². The minimum Gasteiger partial charge on any atom is -0.363 e. The molecule has 0 bridgehead atoms. The highest BCUT2D eigenvalue weighted by atomic mass is 16.1. The number of carbonyl (C=O) groups excluding carboxylic acids is 1. The van der Waals surface area contributed by atoms with Gasteiger partial charge in [-0.25, -0.2) is 4.98 Å². The first-order valence-electron chi connectivity index (χ1n) is 6.33. The summed E-state index contributed by atoms with van der Waals surface area (Å²) in [6, 6.07) is 3.68. The molecule has 0 aliphatic heterocycles. The van der Waals surface area contributed by atoms with Crippen LogP contribution >= 0.6 is 0 Å². The van der Waals surface area contributed by atoms with E-state index < -0.39 is 0 Å². The number of Topliss-reactive ketones (excluding diaryl/α,β-unsaturated/α-hetero) is 1. The standard InChI is InChI=1S/C14H23N3O/c1-10(2)7-12(8-15)14(18)11-5-6-13(16-9-11)17(3)4/h5-6,9-10,12H,7-8,15H2,1-4H3. The Morgan fingerprint density at radius 1 is 1.39 bits per heavy atom. The van der Waals surface area contributed by atoms with Crippen molar-refractivity contribution in [2.24, 2.45) is 17.6 Å². The van der Waals surface area contributed by atoms with Gasteiger partial charge in [0.2, 0.25) is 0 Å². The first kappa shape index (κ1) is 14.6. The summed E-state index contributed by atoms with van der Waals surface area (Å²) in [5.41, 5.74) is 6.34. The van der Waals surface area contributed by atoms with E-state index in [1.807, 2.05) is 31.1 Å². The Kier molecular flexibility index (Phi) is 5.28. The summed E-state index contributed by atoms with van der Waals surface area (Å²) in [5, 5.41) is 0. The Balaban J connectivity index is 2.82. The highest BCUT2D eigenvalue weighted by Crippen LogP contribution is 2.17. The summed E-state index contributed by atoms with van der Waals surface area (Å²) in [6.45, 7) is 4.60. The largest absolute Gasteiger partial charge is 0.363 e. The molecule has 1 heterocycles. The second-order valence-corrected chi connectivity index (χ2v) is 5.23. The Morgan fingerprint density at radius 2 is 2.06 bits per heavy atom. The van der Waals surface area contributed by atoms with Crippen LogP contribution in [0.5, 0.6) is 0 Å². The monoisotopic (exact) mass is 249 g/mol. The topological polar surface area (TPSA) is 59.2 Å². The Bertz CT molecular complexity index is 385. The van der Waals surface area contributed by atoms with Gasteiger partial charge in [0.15, 0.2) is 5.78 Å². The summed E-state index contributed by atoms with van der Waals surface area (Å²) in [7, 11) is 3.84. The first-order chi connectivity index (χ1) is 8.45. The van der Waals surface area contributed by atoms with E-state index in [-0.39, 0.29) is 11.7 Å². The first-order valence-corrected chi connectivity index (χ1v) is 6.33. The van der Waals surface area contributed by atoms with Gasteiger partial charge in [0, 0.05) is 38.3 Å². The fourth-order valence-electron chi connectivity index (χ4n) is 1.91. The molecule has 0 aromatic carbocycles. The number of anilines is 1. The maximum atomic E-state index is 12.3. The van der Waals surface area contributed by atoms with Crippen molar-refractivity contribution < 1.29 is 4.79 Å². The van der Waals surface area contributed by atoms with E-state index >= 15 is 0 Å². The van der Waals surface area contributed by atoms with Crippen molar-refractivity contribution in [3.63, 3.8) is 0 Å². The van der Waals surface area contributed by atoms with E-state index in [1.54, 1.807) is 6.20 Å². The van der Waals surface area contributed by atoms with Crippen molar-refractivity contribution in [1.29, 1.82) is 0 Å². The molecule has 0 radical (unpaired) electrons. The molecule has 1 atom stereocenters. The number of hydrogen-bond donors (Lipinski definition) is 1. The smallest absolute Gasteiger partial charge is 0.168 e. The molecule has 100 valence electrons. The number of pyridine rings is 1. The number of hydrogen-bond acceptors (Lipinski definition) is 4. The molecule has 1 aromatic rings. The SMILES string of the molecule is CC(C)CC(CN)C(=O)c1ccc(N(C)C)nc1. The second kappa shape index (κ2) is 6.50. The average molecular weight is 249 g/mol. The van der Waals surface area contributed by atoms with E-state index in [0.717, 1.165) is 12.2 Å². The Morgan fingerprint density at radius 3 is 2.44 bits per heavy atom. The maximum absolute atomic E-state index is 12.3. The van der Waals surface area contributed by atoms with Gasteiger partial charge < -0.3 is 10.6 Å². The van der Waals surface area contributed by atoms with Crippen LogP contribution in [0.4, 0.5) is 5.82 Å². The van der Waals surface area contributed by atoms with Crippen molar-refractivity contribution in [1.82, 2.24) is 4.98 Å². The predicted molar refractivity (Wildman–Crippen MR) is 74.9 cm³/mol. The van der Waals surface area contributed by atoms with Gasteiger partial charge in [-0.1, -0.05) is 13.8 Å². The molecule has 2 N–H and O–H groups in total. The quantitative estimate of drug-likeness (QED) is 0.783. The summed E-state index contributed by atoms with van der Waals surface area (Å²) in [6.07, 6.45) is 2.46. The third kappa shape index (κ3) is 3.81. The average Bonchev–Trinajstić information content (AvgIpc) is 2.35. The van der Waals surface area contributed by atoms with Gasteiger partial charge in [-0.05, 0) is 24.5 Å². The number of aromatic nitrogens is 1. The van der Waals surface area contributed by atoms with Crippen molar-refractivity contribution >= 4 is 11.6 Å². The number of rotatable bonds is 6. The van der Waals surface area contributed by atoms with Gasteiger partial charge in [0.1, 0.15) is 5.82 Å². The van der Waals surface area contributed by atoms with E-state index in [1.165, 1.54) is 0 Å². The number of ketones is 1. The minimum atomic E-state index is -0.1000. The molecule has 0 spiro atoms. The van der Waals surface area contributed by atoms with Gasteiger partial charge in [-0.15, -0.1) is 0 Å². The molecule has 1 rings (SSSR count). The van der Waals surface area contributed by atoms with Gasteiger partial charge in [0.05, 0.1) is 0 Å². The lowest BCUT2D eigenvalue weighted by Crippen LogP contribution is -2.25. The van der Waals surface area contributed by atoms with Crippen molar-refractivity contribution in [3.8, 4) is 0 Å². The lowest BCUT2D eigenvalue weighted by Gasteiger charge is -2.16. The van der Waals surface area contributed by atoms with Crippen LogP contribution in [0.1, 0.15) is 30.6 Å². The van der Waals surface area contributed by atoms with Crippen molar-refractivity contribution in [3.05, 3.63) is 23.9 Å². The third-order valence-corrected chi connectivity index (χ3v) is 2.90. The molecule has 0 aliphatic rings. The normalized spacial score (nSPS) is 12.6. The molecule has 0 saturated heterocycles.